The molecule has 0 aliphatic heterocycles. The molecular formula is C28H26N2O5S. The maximum absolute atomic E-state index is 13.4. The Labute approximate surface area is 212 Å². The van der Waals surface area contributed by atoms with Crippen LogP contribution >= 0.6 is 11.3 Å². The Hall–Kier alpha value is -3.91. The standard InChI is InChI=1S/C28H26N2O5S/c1-3-34-28(32)24-20-11-7-8-12-23(20)36-27(24)30-26-21(25(31)29-18-9-5-4-6-10-18)16-17-15-19(33-2)13-14-22(17)35-26/h4-6,9-10,13-16H,3,7-8,11-12H2,1-2H3,(H,29,31)/b30-26-. The highest BCUT2D eigenvalue weighted by Crippen LogP contribution is 2.40. The Morgan fingerprint density at radius 2 is 1.89 bits per heavy atom. The molecule has 4 aromatic rings. The number of carbonyl (C=O) groups excluding carboxylic acids is 2. The normalized spacial score (nSPS) is 13.3. The number of rotatable bonds is 6. The molecule has 0 saturated carbocycles. The van der Waals surface area contributed by atoms with Crippen LogP contribution in [0.5, 0.6) is 5.75 Å². The van der Waals surface area contributed by atoms with Crippen LogP contribution in [0.3, 0.4) is 0 Å². The van der Waals surface area contributed by atoms with Gasteiger partial charge in [-0.05, 0) is 74.6 Å². The molecule has 1 aliphatic carbocycles. The van der Waals surface area contributed by atoms with Crippen molar-refractivity contribution in [3.8, 4) is 5.75 Å². The van der Waals surface area contributed by atoms with Crippen LogP contribution in [0.25, 0.3) is 11.0 Å². The number of esters is 1. The van der Waals surface area contributed by atoms with Crippen LogP contribution in [0.2, 0.25) is 0 Å². The number of thiophene rings is 1. The van der Waals surface area contributed by atoms with Crippen molar-refractivity contribution >= 4 is 44.9 Å². The molecule has 1 N–H and O–H groups in total. The van der Waals surface area contributed by atoms with E-state index in [1.165, 1.54) is 11.3 Å². The van der Waals surface area contributed by atoms with Crippen molar-refractivity contribution in [2.45, 2.75) is 32.6 Å². The average Bonchev–Trinajstić information content (AvgIpc) is 3.26. The molecule has 7 nitrogen and oxygen atoms in total. The molecule has 2 aromatic heterocycles. The van der Waals surface area contributed by atoms with Gasteiger partial charge in [-0.25, -0.2) is 9.79 Å². The van der Waals surface area contributed by atoms with Gasteiger partial charge in [0.2, 0.25) is 5.55 Å². The number of benzene rings is 2. The number of fused-ring (bicyclic) bond motifs is 2. The first kappa shape index (κ1) is 23.8. The van der Waals surface area contributed by atoms with E-state index in [0.29, 0.717) is 33.0 Å². The van der Waals surface area contributed by atoms with Crippen molar-refractivity contribution in [1.29, 1.82) is 0 Å². The molecule has 2 aromatic carbocycles. The molecule has 184 valence electrons. The first-order valence-electron chi connectivity index (χ1n) is 11.9. The number of amides is 1. The average molecular weight is 503 g/mol. The number of hydrogen-bond donors (Lipinski definition) is 1. The number of anilines is 1. The second kappa shape index (κ2) is 10.4. The lowest BCUT2D eigenvalue weighted by atomic mass is 9.95. The Balaban J connectivity index is 1.70. The van der Waals surface area contributed by atoms with Gasteiger partial charge < -0.3 is 19.2 Å². The zero-order chi connectivity index (χ0) is 25.1. The number of para-hydroxylation sites is 1. The summed E-state index contributed by atoms with van der Waals surface area (Å²) in [5.74, 6) is -0.115. The van der Waals surface area contributed by atoms with Crippen LogP contribution in [0.1, 0.15) is 50.9 Å². The van der Waals surface area contributed by atoms with Gasteiger partial charge in [-0.3, -0.25) is 4.79 Å². The summed E-state index contributed by atoms with van der Waals surface area (Å²) in [5.41, 5.74) is 3.06. The predicted molar refractivity (Wildman–Crippen MR) is 139 cm³/mol. The third kappa shape index (κ3) is 4.77. The molecule has 1 amide bonds. The highest BCUT2D eigenvalue weighted by Gasteiger charge is 2.27. The molecular weight excluding hydrogens is 476 g/mol. The third-order valence-electron chi connectivity index (χ3n) is 6.07. The van der Waals surface area contributed by atoms with Gasteiger partial charge in [0.1, 0.15) is 21.9 Å². The lowest BCUT2D eigenvalue weighted by Gasteiger charge is -2.11. The number of nitrogens with zero attached hydrogens (tertiary/aromatic N) is 1. The van der Waals surface area contributed by atoms with Crippen LogP contribution in [-0.2, 0) is 17.6 Å². The SMILES string of the molecule is CCOC(=O)c1c(/N=c2\oc3ccc(OC)cc3cc2C(=O)Nc2ccccc2)sc2c1CCCC2. The van der Waals surface area contributed by atoms with E-state index in [0.717, 1.165) is 36.1 Å². The maximum atomic E-state index is 13.4. The predicted octanol–water partition coefficient (Wildman–Crippen LogP) is 6.04. The summed E-state index contributed by atoms with van der Waals surface area (Å²) in [5, 5.41) is 4.11. The highest BCUT2D eigenvalue weighted by molar-refractivity contribution is 7.16. The van der Waals surface area contributed by atoms with Gasteiger partial charge in [0.15, 0.2) is 0 Å². The van der Waals surface area contributed by atoms with E-state index < -0.39 is 5.97 Å². The van der Waals surface area contributed by atoms with Crippen molar-refractivity contribution in [2.24, 2.45) is 4.99 Å². The summed E-state index contributed by atoms with van der Waals surface area (Å²) >= 11 is 1.47. The fourth-order valence-corrected chi connectivity index (χ4v) is 5.58. The van der Waals surface area contributed by atoms with Gasteiger partial charge in [0.25, 0.3) is 5.91 Å². The van der Waals surface area contributed by atoms with E-state index in [4.69, 9.17) is 18.9 Å². The quantitative estimate of drug-likeness (QED) is 0.325. The second-order valence-corrected chi connectivity index (χ2v) is 9.50. The third-order valence-corrected chi connectivity index (χ3v) is 7.25. The summed E-state index contributed by atoms with van der Waals surface area (Å²) in [7, 11) is 1.58. The Morgan fingerprint density at radius 1 is 1.08 bits per heavy atom. The highest BCUT2D eigenvalue weighted by atomic mass is 32.1. The first-order chi connectivity index (χ1) is 17.6. The minimum atomic E-state index is -0.392. The molecule has 1 aliphatic rings. The summed E-state index contributed by atoms with van der Waals surface area (Å²) in [6, 6.07) is 16.3. The molecule has 0 spiro atoms. The molecule has 5 rings (SSSR count). The molecule has 0 atom stereocenters. The number of carbonyl (C=O) groups is 2. The van der Waals surface area contributed by atoms with Gasteiger partial charge in [0.05, 0.1) is 19.3 Å². The minimum absolute atomic E-state index is 0.130. The topological polar surface area (TPSA) is 90.1 Å². The zero-order valence-corrected chi connectivity index (χ0v) is 20.9. The molecule has 2 heterocycles. The van der Waals surface area contributed by atoms with Crippen molar-refractivity contribution in [3.63, 3.8) is 0 Å². The Kier molecular flexibility index (Phi) is 6.86. The fraction of sp³-hybridized carbons (Fsp3) is 0.250. The molecule has 36 heavy (non-hydrogen) atoms. The molecule has 0 unspecified atom stereocenters. The van der Waals surface area contributed by atoms with Crippen LogP contribution < -0.4 is 15.6 Å². The van der Waals surface area contributed by atoms with Crippen LogP contribution in [0.15, 0.2) is 64.0 Å². The van der Waals surface area contributed by atoms with Crippen molar-refractivity contribution in [3.05, 3.63) is 81.7 Å². The summed E-state index contributed by atoms with van der Waals surface area (Å²) in [6.45, 7) is 2.06. The summed E-state index contributed by atoms with van der Waals surface area (Å²) < 4.78 is 16.9. The molecule has 0 fully saturated rings. The molecule has 8 heteroatoms. The largest absolute Gasteiger partial charge is 0.497 e. The fourth-order valence-electron chi connectivity index (χ4n) is 4.34. The number of hydrogen-bond acceptors (Lipinski definition) is 7. The van der Waals surface area contributed by atoms with E-state index in [9.17, 15) is 9.59 Å². The van der Waals surface area contributed by atoms with E-state index in [-0.39, 0.29) is 23.6 Å². The van der Waals surface area contributed by atoms with Crippen molar-refractivity contribution in [2.75, 3.05) is 19.0 Å². The minimum Gasteiger partial charge on any atom is -0.497 e. The lowest BCUT2D eigenvalue weighted by molar-refractivity contribution is 0.0526. The summed E-state index contributed by atoms with van der Waals surface area (Å²) in [6.07, 6.45) is 3.80. The van der Waals surface area contributed by atoms with Crippen LogP contribution in [0.4, 0.5) is 10.7 Å². The number of aryl methyl sites for hydroxylation is 1. The van der Waals surface area contributed by atoms with E-state index in [2.05, 4.69) is 5.32 Å². The zero-order valence-electron chi connectivity index (χ0n) is 20.1. The van der Waals surface area contributed by atoms with E-state index in [1.807, 2.05) is 30.3 Å². The second-order valence-electron chi connectivity index (χ2n) is 8.41. The lowest BCUT2D eigenvalue weighted by Crippen LogP contribution is -2.21. The number of methoxy groups -OCH3 is 1. The summed E-state index contributed by atoms with van der Waals surface area (Å²) in [4.78, 5) is 32.2. The molecule has 0 saturated heterocycles. The maximum Gasteiger partial charge on any atom is 0.341 e. The smallest absolute Gasteiger partial charge is 0.341 e. The van der Waals surface area contributed by atoms with E-state index >= 15 is 0 Å². The van der Waals surface area contributed by atoms with Crippen molar-refractivity contribution < 1.29 is 23.5 Å². The van der Waals surface area contributed by atoms with Gasteiger partial charge in [0, 0.05) is 16.0 Å². The van der Waals surface area contributed by atoms with Gasteiger partial charge in [-0.2, -0.15) is 0 Å². The van der Waals surface area contributed by atoms with E-state index in [1.54, 1.807) is 38.3 Å². The monoisotopic (exact) mass is 502 g/mol. The first-order valence-corrected chi connectivity index (χ1v) is 12.7. The van der Waals surface area contributed by atoms with Gasteiger partial charge >= 0.3 is 5.97 Å². The number of ether oxygens (including phenoxy) is 2. The van der Waals surface area contributed by atoms with Crippen LogP contribution in [-0.4, -0.2) is 25.6 Å². The van der Waals surface area contributed by atoms with Crippen LogP contribution in [0, 0.1) is 0 Å². The van der Waals surface area contributed by atoms with Crippen molar-refractivity contribution in [1.82, 2.24) is 0 Å². The van der Waals surface area contributed by atoms with Gasteiger partial charge in [-0.15, -0.1) is 11.3 Å². The molecule has 0 radical (unpaired) electrons. The Bertz CT molecular complexity index is 1500. The molecule has 0 bridgehead atoms. The Morgan fingerprint density at radius 3 is 2.67 bits per heavy atom. The number of nitrogens with one attached hydrogen (secondary N) is 1. The van der Waals surface area contributed by atoms with Gasteiger partial charge in [-0.1, -0.05) is 18.2 Å².